The van der Waals surface area contributed by atoms with Gasteiger partial charge in [0, 0.05) is 35.2 Å². The van der Waals surface area contributed by atoms with Crippen molar-refractivity contribution in [3.8, 4) is 5.75 Å². The minimum Gasteiger partial charge on any atom is -0.482 e. The Balaban J connectivity index is 1.92. The van der Waals surface area contributed by atoms with Crippen molar-refractivity contribution in [2.24, 2.45) is 0 Å². The zero-order valence-corrected chi connectivity index (χ0v) is 16.2. The van der Waals surface area contributed by atoms with Crippen LogP contribution in [-0.2, 0) is 0 Å². The normalized spacial score (nSPS) is 11.9. The van der Waals surface area contributed by atoms with Crippen LogP contribution in [0.25, 0.3) is 11.0 Å². The fourth-order valence-electron chi connectivity index (χ4n) is 3.13. The van der Waals surface area contributed by atoms with Gasteiger partial charge in [-0.2, -0.15) is 0 Å². The summed E-state index contributed by atoms with van der Waals surface area (Å²) in [5, 5.41) is 11.8. The first-order valence-electron chi connectivity index (χ1n) is 9.39. The number of hydrogen-bond donors (Lipinski definition) is 0. The first kappa shape index (κ1) is 20.3. The smallest absolute Gasteiger partial charge is 0.336 e. The number of benzene rings is 2. The number of nitrogens with zero attached hydrogens (tertiary/aromatic N) is 1. The summed E-state index contributed by atoms with van der Waals surface area (Å²) in [6, 6.07) is 12.1. The molecule has 0 N–H and O–H groups in total. The summed E-state index contributed by atoms with van der Waals surface area (Å²) < 4.78 is 11.2. The van der Waals surface area contributed by atoms with Crippen molar-refractivity contribution >= 4 is 22.4 Å². The second-order valence-electron chi connectivity index (χ2n) is 6.83. The molecule has 0 spiro atoms. The van der Waals surface area contributed by atoms with Crippen molar-refractivity contribution in [3.63, 3.8) is 0 Å². The molecule has 1 heterocycles. The molecule has 0 radical (unpaired) electrons. The molecular weight excluding hydrogens is 374 g/mol. The maximum Gasteiger partial charge on any atom is 0.336 e. The van der Waals surface area contributed by atoms with Crippen molar-refractivity contribution < 1.29 is 18.9 Å². The molecule has 3 rings (SSSR count). The van der Waals surface area contributed by atoms with E-state index in [1.165, 1.54) is 24.3 Å². The number of carbonyl (C=O) groups is 1. The van der Waals surface area contributed by atoms with Crippen LogP contribution in [0.4, 0.5) is 5.69 Å². The first-order chi connectivity index (χ1) is 13.9. The minimum atomic E-state index is -0.800. The number of unbranched alkanes of at least 4 members (excludes halogenated alkanes) is 1. The number of nitro benzene ring substituents is 1. The molecule has 7 heteroatoms. The third-order valence-corrected chi connectivity index (χ3v) is 4.65. The van der Waals surface area contributed by atoms with Gasteiger partial charge in [0.15, 0.2) is 6.10 Å². The Morgan fingerprint density at radius 2 is 2.00 bits per heavy atom. The Labute approximate surface area is 167 Å². The maximum absolute atomic E-state index is 13.0. The summed E-state index contributed by atoms with van der Waals surface area (Å²) in [5.41, 5.74) is 0.793. The van der Waals surface area contributed by atoms with Crippen LogP contribution in [0.2, 0.25) is 0 Å². The largest absolute Gasteiger partial charge is 0.482 e. The monoisotopic (exact) mass is 395 g/mol. The van der Waals surface area contributed by atoms with Crippen LogP contribution in [0.3, 0.4) is 0 Å². The number of hydrogen-bond acceptors (Lipinski definition) is 6. The molecule has 1 unspecified atom stereocenters. The number of ether oxygens (including phenoxy) is 1. The zero-order chi connectivity index (χ0) is 21.0. The molecule has 7 nitrogen and oxygen atoms in total. The van der Waals surface area contributed by atoms with Crippen molar-refractivity contribution in [2.75, 3.05) is 0 Å². The fraction of sp³-hybridized carbons (Fsp3) is 0.273. The van der Waals surface area contributed by atoms with Crippen LogP contribution >= 0.6 is 0 Å². The fourth-order valence-corrected chi connectivity index (χ4v) is 3.13. The second kappa shape index (κ2) is 8.68. The number of nitro groups is 1. The van der Waals surface area contributed by atoms with Gasteiger partial charge in [0.2, 0.25) is 5.78 Å². The molecule has 0 bridgehead atoms. The highest BCUT2D eigenvalue weighted by Crippen LogP contribution is 2.25. The molecule has 1 aromatic heterocycles. The van der Waals surface area contributed by atoms with Crippen molar-refractivity contribution in [2.45, 2.75) is 39.2 Å². The van der Waals surface area contributed by atoms with Gasteiger partial charge in [0.1, 0.15) is 11.3 Å². The second-order valence-corrected chi connectivity index (χ2v) is 6.83. The average Bonchev–Trinajstić information content (AvgIpc) is 2.70. The van der Waals surface area contributed by atoms with Gasteiger partial charge in [-0.05, 0) is 37.5 Å². The van der Waals surface area contributed by atoms with Gasteiger partial charge >= 0.3 is 5.63 Å². The Bertz CT molecular complexity index is 1120. The van der Waals surface area contributed by atoms with Gasteiger partial charge in [-0.25, -0.2) is 4.79 Å². The number of ketones is 1. The van der Waals surface area contributed by atoms with Crippen LogP contribution in [0.1, 0.15) is 42.1 Å². The summed E-state index contributed by atoms with van der Waals surface area (Å²) in [7, 11) is 0. The van der Waals surface area contributed by atoms with E-state index in [9.17, 15) is 19.7 Å². The predicted molar refractivity (Wildman–Crippen MR) is 109 cm³/mol. The van der Waals surface area contributed by atoms with E-state index in [1.807, 2.05) is 13.8 Å². The molecule has 1 atom stereocenters. The van der Waals surface area contributed by atoms with Gasteiger partial charge in [-0.3, -0.25) is 14.9 Å². The van der Waals surface area contributed by atoms with E-state index in [-0.39, 0.29) is 17.0 Å². The van der Waals surface area contributed by atoms with E-state index in [1.54, 1.807) is 24.3 Å². The Kier molecular flexibility index (Phi) is 6.07. The van der Waals surface area contributed by atoms with Crippen LogP contribution in [-0.4, -0.2) is 16.8 Å². The molecule has 0 aliphatic carbocycles. The molecule has 0 aliphatic rings. The Morgan fingerprint density at radius 3 is 2.72 bits per heavy atom. The number of carbonyl (C=O) groups excluding carboxylic acids is 1. The first-order valence-corrected chi connectivity index (χ1v) is 9.39. The molecule has 3 aromatic rings. The molecule has 0 fully saturated rings. The lowest BCUT2D eigenvalue weighted by Gasteiger charge is -2.18. The molecule has 0 aliphatic heterocycles. The van der Waals surface area contributed by atoms with Gasteiger partial charge in [0.05, 0.1) is 4.92 Å². The molecule has 0 saturated heterocycles. The van der Waals surface area contributed by atoms with E-state index in [0.717, 1.165) is 23.8 Å². The molecule has 29 heavy (non-hydrogen) atoms. The van der Waals surface area contributed by atoms with Crippen LogP contribution in [0, 0.1) is 17.0 Å². The van der Waals surface area contributed by atoms with E-state index in [2.05, 4.69) is 0 Å². The van der Waals surface area contributed by atoms with Gasteiger partial charge < -0.3 is 9.15 Å². The molecular formula is C22H21NO6. The maximum atomic E-state index is 13.0. The molecule has 2 aromatic carbocycles. The molecule has 0 saturated carbocycles. The van der Waals surface area contributed by atoms with Crippen molar-refractivity contribution in [1.29, 1.82) is 0 Å². The lowest BCUT2D eigenvalue weighted by atomic mass is 10.0. The van der Waals surface area contributed by atoms with Crippen LogP contribution < -0.4 is 10.4 Å². The van der Waals surface area contributed by atoms with Crippen LogP contribution in [0.5, 0.6) is 5.75 Å². The Morgan fingerprint density at radius 1 is 1.21 bits per heavy atom. The minimum absolute atomic E-state index is 0.145. The van der Waals surface area contributed by atoms with E-state index >= 15 is 0 Å². The van der Waals surface area contributed by atoms with Gasteiger partial charge in [-0.1, -0.05) is 25.5 Å². The van der Waals surface area contributed by atoms with Gasteiger partial charge in [-0.15, -0.1) is 0 Å². The number of Topliss-reactive ketones (excluding diaryl/α,β-unsaturated/α-hetero) is 1. The summed E-state index contributed by atoms with van der Waals surface area (Å²) in [6.07, 6.45) is 1.29. The SMILES string of the molecule is CCCCC(Oc1ccc2c(C)cc(=O)oc2c1)C(=O)c1cccc([N+](=O)[O-])c1. The van der Waals surface area contributed by atoms with Crippen LogP contribution in [0.15, 0.2) is 57.7 Å². The summed E-state index contributed by atoms with van der Waals surface area (Å²) in [6.45, 7) is 3.82. The molecule has 0 amide bonds. The molecule has 150 valence electrons. The van der Waals surface area contributed by atoms with Crippen molar-refractivity contribution in [1.82, 2.24) is 0 Å². The highest BCUT2D eigenvalue weighted by Gasteiger charge is 2.23. The third kappa shape index (κ3) is 4.68. The number of fused-ring (bicyclic) bond motifs is 1. The number of rotatable bonds is 8. The van der Waals surface area contributed by atoms with E-state index < -0.39 is 16.7 Å². The number of non-ortho nitro benzene ring substituents is 1. The van der Waals surface area contributed by atoms with E-state index in [0.29, 0.717) is 17.8 Å². The standard InChI is InChI=1S/C22H21NO6/c1-3-4-8-19(22(25)15-6-5-7-16(12-15)23(26)27)28-17-9-10-18-14(2)11-21(24)29-20(18)13-17/h5-7,9-13,19H,3-4,8H2,1-2H3. The number of aryl methyl sites for hydroxylation is 1. The summed E-state index contributed by atoms with van der Waals surface area (Å²) >= 11 is 0. The summed E-state index contributed by atoms with van der Waals surface area (Å²) in [4.78, 5) is 35.1. The predicted octanol–water partition coefficient (Wildman–Crippen LogP) is 4.83. The zero-order valence-electron chi connectivity index (χ0n) is 16.2. The van der Waals surface area contributed by atoms with E-state index in [4.69, 9.17) is 9.15 Å². The van der Waals surface area contributed by atoms with Gasteiger partial charge in [0.25, 0.3) is 5.69 Å². The quantitative estimate of drug-likeness (QED) is 0.234. The highest BCUT2D eigenvalue weighted by atomic mass is 16.6. The highest BCUT2D eigenvalue weighted by molar-refractivity contribution is 6.00. The lowest BCUT2D eigenvalue weighted by molar-refractivity contribution is -0.384. The Hall–Kier alpha value is -3.48. The third-order valence-electron chi connectivity index (χ3n) is 4.65. The summed E-state index contributed by atoms with van der Waals surface area (Å²) in [5.74, 6) is 0.0686. The van der Waals surface area contributed by atoms with Crippen molar-refractivity contribution in [3.05, 3.63) is 80.2 Å². The average molecular weight is 395 g/mol. The topological polar surface area (TPSA) is 99.7 Å². The lowest BCUT2D eigenvalue weighted by Crippen LogP contribution is -2.27.